The Labute approximate surface area is 165 Å². The lowest BCUT2D eigenvalue weighted by Crippen LogP contribution is -2.34. The van der Waals surface area contributed by atoms with E-state index < -0.39 is 11.9 Å². The van der Waals surface area contributed by atoms with Gasteiger partial charge in [-0.05, 0) is 51.0 Å². The fourth-order valence-electron chi connectivity index (χ4n) is 3.93. The van der Waals surface area contributed by atoms with E-state index in [0.717, 1.165) is 36.4 Å². The molecule has 144 valence electrons. The van der Waals surface area contributed by atoms with Gasteiger partial charge in [-0.25, -0.2) is 4.98 Å². The Morgan fingerprint density at radius 2 is 1.89 bits per heavy atom. The summed E-state index contributed by atoms with van der Waals surface area (Å²) >= 11 is 1.50. The standard InChI is InChI=1S/C22H27NO3S/c1-3-26-22(25)19(13-20-23-15(2)14-27-20)21(24)18-11-9-17(10-12-18)16-7-5-4-6-8-16/h4-8,14,17-19H,3,9-13H2,1-2H3. The summed E-state index contributed by atoms with van der Waals surface area (Å²) in [6, 6.07) is 10.5. The third-order valence-corrected chi connectivity index (χ3v) is 6.35. The van der Waals surface area contributed by atoms with Gasteiger partial charge in [-0.1, -0.05) is 30.3 Å². The minimum absolute atomic E-state index is 0.0350. The number of thiazole rings is 1. The van der Waals surface area contributed by atoms with Gasteiger partial charge in [0.05, 0.1) is 11.6 Å². The molecule has 5 heteroatoms. The third-order valence-electron chi connectivity index (χ3n) is 5.36. The van der Waals surface area contributed by atoms with Crippen LogP contribution in [-0.2, 0) is 20.7 Å². The van der Waals surface area contributed by atoms with E-state index in [1.807, 2.05) is 18.4 Å². The smallest absolute Gasteiger partial charge is 0.316 e. The first-order valence-electron chi connectivity index (χ1n) is 9.74. The van der Waals surface area contributed by atoms with Crippen LogP contribution in [0.5, 0.6) is 0 Å². The molecule has 1 heterocycles. The maximum absolute atomic E-state index is 13.1. The number of ketones is 1. The molecule has 0 N–H and O–H groups in total. The normalized spacial score (nSPS) is 20.8. The number of benzene rings is 1. The number of aryl methyl sites for hydroxylation is 1. The molecule has 4 nitrogen and oxygen atoms in total. The number of nitrogens with zero attached hydrogens (tertiary/aromatic N) is 1. The number of esters is 1. The Bertz CT molecular complexity index is 763. The summed E-state index contributed by atoms with van der Waals surface area (Å²) in [6.45, 7) is 3.99. The summed E-state index contributed by atoms with van der Waals surface area (Å²) in [5.41, 5.74) is 2.28. The van der Waals surface area contributed by atoms with E-state index in [9.17, 15) is 9.59 Å². The number of hydrogen-bond acceptors (Lipinski definition) is 5. The fraction of sp³-hybridized carbons (Fsp3) is 0.500. The molecule has 1 saturated carbocycles. The van der Waals surface area contributed by atoms with E-state index in [0.29, 0.717) is 18.9 Å². The molecule has 1 fully saturated rings. The van der Waals surface area contributed by atoms with E-state index in [4.69, 9.17) is 4.74 Å². The van der Waals surface area contributed by atoms with Crippen molar-refractivity contribution in [1.29, 1.82) is 0 Å². The number of Topliss-reactive ketones (excluding diaryl/α,β-unsaturated/α-hetero) is 1. The Kier molecular flexibility index (Phi) is 6.78. The summed E-state index contributed by atoms with van der Waals surface area (Å²) in [5, 5.41) is 2.78. The maximum atomic E-state index is 13.1. The van der Waals surface area contributed by atoms with Gasteiger partial charge in [0.2, 0.25) is 0 Å². The van der Waals surface area contributed by atoms with Gasteiger partial charge < -0.3 is 4.74 Å². The molecule has 0 radical (unpaired) electrons. The highest BCUT2D eigenvalue weighted by Gasteiger charge is 2.36. The lowest BCUT2D eigenvalue weighted by atomic mass is 9.74. The fourth-order valence-corrected chi connectivity index (χ4v) is 4.75. The number of carbonyl (C=O) groups excluding carboxylic acids is 2. The molecule has 1 aliphatic rings. The van der Waals surface area contributed by atoms with Gasteiger partial charge in [0.15, 0.2) is 5.78 Å². The van der Waals surface area contributed by atoms with Gasteiger partial charge in [-0.15, -0.1) is 11.3 Å². The van der Waals surface area contributed by atoms with Crippen molar-refractivity contribution in [3.05, 3.63) is 52.0 Å². The van der Waals surface area contributed by atoms with Crippen LogP contribution >= 0.6 is 11.3 Å². The zero-order valence-electron chi connectivity index (χ0n) is 16.0. The summed E-state index contributed by atoms with van der Waals surface area (Å²) < 4.78 is 5.20. The molecule has 27 heavy (non-hydrogen) atoms. The van der Waals surface area contributed by atoms with Crippen LogP contribution in [-0.4, -0.2) is 23.3 Å². The molecule has 1 aromatic heterocycles. The second-order valence-electron chi connectivity index (χ2n) is 7.25. The molecule has 0 spiro atoms. The molecule has 0 saturated heterocycles. The van der Waals surface area contributed by atoms with E-state index in [1.165, 1.54) is 16.9 Å². The molecule has 0 amide bonds. The number of aromatic nitrogens is 1. The van der Waals surface area contributed by atoms with Crippen LogP contribution in [0, 0.1) is 18.8 Å². The van der Waals surface area contributed by atoms with Crippen molar-refractivity contribution in [2.75, 3.05) is 6.61 Å². The van der Waals surface area contributed by atoms with Gasteiger partial charge in [0.1, 0.15) is 5.92 Å². The van der Waals surface area contributed by atoms with Crippen LogP contribution in [0.1, 0.15) is 54.8 Å². The molecule has 1 aromatic carbocycles. The van der Waals surface area contributed by atoms with Crippen LogP contribution in [0.2, 0.25) is 0 Å². The van der Waals surface area contributed by atoms with E-state index in [1.54, 1.807) is 6.92 Å². The summed E-state index contributed by atoms with van der Waals surface area (Å²) in [6.07, 6.45) is 4.02. The molecule has 0 bridgehead atoms. The van der Waals surface area contributed by atoms with Crippen LogP contribution in [0.3, 0.4) is 0 Å². The minimum atomic E-state index is -0.728. The van der Waals surface area contributed by atoms with E-state index in [2.05, 4.69) is 29.2 Å². The zero-order valence-corrected chi connectivity index (χ0v) is 16.8. The van der Waals surface area contributed by atoms with Crippen molar-refractivity contribution in [2.24, 2.45) is 11.8 Å². The number of ether oxygens (including phenoxy) is 1. The minimum Gasteiger partial charge on any atom is -0.465 e. The topological polar surface area (TPSA) is 56.3 Å². The first-order chi connectivity index (χ1) is 13.1. The highest BCUT2D eigenvalue weighted by Crippen LogP contribution is 2.37. The largest absolute Gasteiger partial charge is 0.465 e. The number of carbonyl (C=O) groups is 2. The molecule has 3 rings (SSSR count). The van der Waals surface area contributed by atoms with Crippen LogP contribution < -0.4 is 0 Å². The van der Waals surface area contributed by atoms with Crippen molar-refractivity contribution in [1.82, 2.24) is 4.98 Å². The highest BCUT2D eigenvalue weighted by molar-refractivity contribution is 7.09. The summed E-state index contributed by atoms with van der Waals surface area (Å²) in [7, 11) is 0. The lowest BCUT2D eigenvalue weighted by molar-refractivity contribution is -0.152. The molecular formula is C22H27NO3S. The predicted molar refractivity (Wildman–Crippen MR) is 107 cm³/mol. The molecule has 1 unspecified atom stereocenters. The van der Waals surface area contributed by atoms with Gasteiger partial charge in [0.25, 0.3) is 0 Å². The first kappa shape index (κ1) is 19.7. The molecule has 2 aromatic rings. The van der Waals surface area contributed by atoms with Gasteiger partial charge in [0, 0.05) is 23.4 Å². The molecule has 0 aliphatic heterocycles. The Morgan fingerprint density at radius 1 is 1.19 bits per heavy atom. The summed E-state index contributed by atoms with van der Waals surface area (Å²) in [5.74, 6) is -0.638. The van der Waals surface area contributed by atoms with Crippen LogP contribution in [0.15, 0.2) is 35.7 Å². The molecule has 1 atom stereocenters. The molecular weight excluding hydrogens is 358 g/mol. The predicted octanol–water partition coefficient (Wildman–Crippen LogP) is 4.72. The Morgan fingerprint density at radius 3 is 2.48 bits per heavy atom. The van der Waals surface area contributed by atoms with Crippen LogP contribution in [0.25, 0.3) is 0 Å². The van der Waals surface area contributed by atoms with E-state index >= 15 is 0 Å². The highest BCUT2D eigenvalue weighted by atomic mass is 32.1. The average molecular weight is 386 g/mol. The second kappa shape index (κ2) is 9.27. The van der Waals surface area contributed by atoms with Crippen molar-refractivity contribution >= 4 is 23.1 Å². The first-order valence-corrected chi connectivity index (χ1v) is 10.6. The van der Waals surface area contributed by atoms with Crippen molar-refractivity contribution < 1.29 is 14.3 Å². The summed E-state index contributed by atoms with van der Waals surface area (Å²) in [4.78, 5) is 30.0. The van der Waals surface area contributed by atoms with Crippen molar-refractivity contribution in [3.8, 4) is 0 Å². The van der Waals surface area contributed by atoms with Gasteiger partial charge >= 0.3 is 5.97 Å². The Hall–Kier alpha value is -2.01. The van der Waals surface area contributed by atoms with Crippen molar-refractivity contribution in [2.45, 2.75) is 51.9 Å². The maximum Gasteiger partial charge on any atom is 0.316 e. The second-order valence-corrected chi connectivity index (χ2v) is 8.20. The molecule has 1 aliphatic carbocycles. The third kappa shape index (κ3) is 5.04. The van der Waals surface area contributed by atoms with Gasteiger partial charge in [-0.3, -0.25) is 9.59 Å². The van der Waals surface area contributed by atoms with E-state index in [-0.39, 0.29) is 11.7 Å². The number of rotatable bonds is 7. The lowest BCUT2D eigenvalue weighted by Gasteiger charge is -2.29. The SMILES string of the molecule is CCOC(=O)C(Cc1nc(C)cs1)C(=O)C1CCC(c2ccccc2)CC1. The monoisotopic (exact) mass is 385 g/mol. The van der Waals surface area contributed by atoms with Gasteiger partial charge in [-0.2, -0.15) is 0 Å². The quantitative estimate of drug-likeness (QED) is 0.511. The average Bonchev–Trinajstić information content (AvgIpc) is 3.11. The van der Waals surface area contributed by atoms with Crippen LogP contribution in [0.4, 0.5) is 0 Å². The van der Waals surface area contributed by atoms with Crippen molar-refractivity contribution in [3.63, 3.8) is 0 Å². The number of hydrogen-bond donors (Lipinski definition) is 0. The zero-order chi connectivity index (χ0) is 19.2. The Balaban J connectivity index is 1.66.